The topological polar surface area (TPSA) is 63.9 Å². The van der Waals surface area contributed by atoms with Gasteiger partial charge in [0.05, 0.1) is 18.2 Å². The summed E-state index contributed by atoms with van der Waals surface area (Å²) in [6, 6.07) is 9.23. The van der Waals surface area contributed by atoms with Crippen LogP contribution in [0, 0.1) is 11.8 Å². The maximum atomic E-state index is 13.3. The number of methoxy groups -OCH3 is 1. The third-order valence-corrected chi connectivity index (χ3v) is 6.99. The molecule has 3 heterocycles. The van der Waals surface area contributed by atoms with Gasteiger partial charge in [0.1, 0.15) is 17.2 Å². The molecule has 0 bridgehead atoms. The summed E-state index contributed by atoms with van der Waals surface area (Å²) >= 11 is 0. The van der Waals surface area contributed by atoms with Crippen molar-refractivity contribution in [3.63, 3.8) is 0 Å². The van der Waals surface area contributed by atoms with Crippen LogP contribution in [0.5, 0.6) is 17.2 Å². The molecular formula is C28H32N2O4. The molecule has 6 nitrogen and oxygen atoms in total. The summed E-state index contributed by atoms with van der Waals surface area (Å²) in [5.41, 5.74) is 3.17. The number of ether oxygens (including phenoxy) is 2. The van der Waals surface area contributed by atoms with Crippen molar-refractivity contribution in [2.45, 2.75) is 40.3 Å². The van der Waals surface area contributed by atoms with Gasteiger partial charge in [-0.15, -0.1) is 0 Å². The van der Waals surface area contributed by atoms with Crippen LogP contribution < -0.4 is 9.47 Å². The number of rotatable bonds is 5. The lowest BCUT2D eigenvalue weighted by molar-refractivity contribution is 0.101. The second-order valence-corrected chi connectivity index (χ2v) is 9.77. The Morgan fingerprint density at radius 1 is 1.18 bits per heavy atom. The first-order chi connectivity index (χ1) is 16.4. The Kier molecular flexibility index (Phi) is 5.86. The molecule has 2 aromatic carbocycles. The number of ketones is 1. The lowest BCUT2D eigenvalue weighted by atomic mass is 9.91. The fourth-order valence-corrected chi connectivity index (χ4v) is 5.54. The summed E-state index contributed by atoms with van der Waals surface area (Å²) in [6.07, 6.45) is 5.06. The van der Waals surface area contributed by atoms with Crippen LogP contribution in [0.2, 0.25) is 0 Å². The number of hydrogen-bond donors (Lipinski definition) is 1. The summed E-state index contributed by atoms with van der Waals surface area (Å²) in [5.74, 6) is 2.75. The Hall–Kier alpha value is -3.25. The molecule has 5 rings (SSSR count). The molecule has 1 aromatic heterocycles. The second kappa shape index (κ2) is 8.84. The molecule has 1 saturated heterocycles. The van der Waals surface area contributed by atoms with E-state index < -0.39 is 0 Å². The summed E-state index contributed by atoms with van der Waals surface area (Å²) in [7, 11) is 1.65. The maximum absolute atomic E-state index is 13.3. The number of Topliss-reactive ketones (excluding diaryl/α,β-unsaturated/α-hetero) is 1. The molecule has 0 amide bonds. The zero-order valence-corrected chi connectivity index (χ0v) is 20.3. The zero-order chi connectivity index (χ0) is 24.0. The molecule has 2 aliphatic rings. The molecule has 0 radical (unpaired) electrons. The first-order valence-corrected chi connectivity index (χ1v) is 12.1. The minimum atomic E-state index is -0.156. The van der Waals surface area contributed by atoms with E-state index in [0.717, 1.165) is 41.9 Å². The molecule has 0 aliphatic carbocycles. The Morgan fingerprint density at radius 2 is 1.94 bits per heavy atom. The van der Waals surface area contributed by atoms with Crippen LogP contribution in [0.1, 0.15) is 48.7 Å². The number of aryl methyl sites for hydroxylation is 1. The third-order valence-electron chi connectivity index (χ3n) is 6.99. The zero-order valence-electron chi connectivity index (χ0n) is 20.3. The molecule has 0 saturated carbocycles. The van der Waals surface area contributed by atoms with Gasteiger partial charge in [0.15, 0.2) is 5.76 Å². The molecule has 34 heavy (non-hydrogen) atoms. The Bertz CT molecular complexity index is 1280. The van der Waals surface area contributed by atoms with Gasteiger partial charge >= 0.3 is 0 Å². The fraction of sp³-hybridized carbons (Fsp3) is 0.393. The van der Waals surface area contributed by atoms with Crippen molar-refractivity contribution < 1.29 is 19.4 Å². The minimum Gasteiger partial charge on any atom is -0.507 e. The largest absolute Gasteiger partial charge is 0.507 e. The molecule has 1 N–H and O–H groups in total. The predicted molar refractivity (Wildman–Crippen MR) is 133 cm³/mol. The van der Waals surface area contributed by atoms with Crippen LogP contribution in [-0.4, -0.2) is 40.6 Å². The minimum absolute atomic E-state index is 0.156. The Labute approximate surface area is 200 Å². The Morgan fingerprint density at radius 3 is 2.65 bits per heavy atom. The van der Waals surface area contributed by atoms with Gasteiger partial charge in [0.2, 0.25) is 5.78 Å². The van der Waals surface area contributed by atoms with E-state index in [9.17, 15) is 9.90 Å². The number of piperidine rings is 1. The van der Waals surface area contributed by atoms with Crippen LogP contribution in [0.25, 0.3) is 17.0 Å². The monoisotopic (exact) mass is 460 g/mol. The summed E-state index contributed by atoms with van der Waals surface area (Å²) in [5, 5.41) is 11.7. The van der Waals surface area contributed by atoms with E-state index in [1.165, 1.54) is 6.42 Å². The number of aromatic nitrogens is 1. The highest BCUT2D eigenvalue weighted by Crippen LogP contribution is 2.41. The van der Waals surface area contributed by atoms with E-state index >= 15 is 0 Å². The highest BCUT2D eigenvalue weighted by atomic mass is 16.5. The van der Waals surface area contributed by atoms with Gasteiger partial charge in [-0.25, -0.2) is 0 Å². The smallest absolute Gasteiger partial charge is 0.231 e. The number of phenolic OH excluding ortho intramolecular Hbond substituents is 1. The molecular weight excluding hydrogens is 428 g/mol. The number of aromatic hydroxyl groups is 1. The molecule has 2 atom stereocenters. The van der Waals surface area contributed by atoms with E-state index in [4.69, 9.17) is 9.47 Å². The van der Waals surface area contributed by atoms with Crippen molar-refractivity contribution in [1.29, 1.82) is 0 Å². The quantitative estimate of drug-likeness (QED) is 0.512. The predicted octanol–water partition coefficient (Wildman–Crippen LogP) is 5.47. The van der Waals surface area contributed by atoms with Crippen molar-refractivity contribution in [2.24, 2.45) is 11.8 Å². The number of hydrogen-bond acceptors (Lipinski definition) is 5. The molecule has 6 heteroatoms. The van der Waals surface area contributed by atoms with Crippen molar-refractivity contribution in [3.05, 3.63) is 59.0 Å². The van der Waals surface area contributed by atoms with Gasteiger partial charge in [-0.05, 0) is 61.6 Å². The van der Waals surface area contributed by atoms with Crippen LogP contribution in [-0.2, 0) is 13.1 Å². The number of likely N-dealkylation sites (tertiary alicyclic amines) is 1. The van der Waals surface area contributed by atoms with Gasteiger partial charge in [-0.1, -0.05) is 13.8 Å². The Balaban J connectivity index is 1.51. The molecule has 1 fully saturated rings. The second-order valence-electron chi connectivity index (χ2n) is 9.77. The average molecular weight is 461 g/mol. The molecule has 3 aromatic rings. The third kappa shape index (κ3) is 3.96. The van der Waals surface area contributed by atoms with Crippen molar-refractivity contribution in [3.8, 4) is 17.2 Å². The lowest BCUT2D eigenvalue weighted by Gasteiger charge is -2.35. The molecule has 0 spiro atoms. The van der Waals surface area contributed by atoms with Crippen molar-refractivity contribution in [2.75, 3.05) is 20.2 Å². The SMILES string of the molecule is CCn1cc(C=C2Oc3c(ccc(O)c3CN3C[C@H](C)C[C@@H](C)C3)C2=O)c2cc(OC)ccc21. The normalized spacial score (nSPS) is 21.8. The highest BCUT2D eigenvalue weighted by molar-refractivity contribution is 6.15. The van der Waals surface area contributed by atoms with Crippen molar-refractivity contribution in [1.82, 2.24) is 9.47 Å². The number of phenols is 1. The van der Waals surface area contributed by atoms with E-state index in [1.54, 1.807) is 19.2 Å². The standard InChI is InChI=1S/C28H32N2O4/c1-5-30-15-19(22-12-20(33-4)6-8-24(22)30)11-26-27(32)21-7-9-25(31)23(28(21)34-26)16-29-13-17(2)10-18(3)14-29/h6-9,11-12,15,17-18,31H,5,10,13-14,16H2,1-4H3/t17-,18-/m1/s1. The van der Waals surface area contributed by atoms with E-state index in [2.05, 4.69) is 30.2 Å². The van der Waals surface area contributed by atoms with Crippen molar-refractivity contribution >= 4 is 22.8 Å². The number of nitrogens with zero attached hydrogens (tertiary/aromatic N) is 2. The first-order valence-electron chi connectivity index (χ1n) is 12.1. The van der Waals surface area contributed by atoms with E-state index in [0.29, 0.717) is 35.3 Å². The number of fused-ring (bicyclic) bond motifs is 2. The number of allylic oxidation sites excluding steroid dienone is 1. The number of carbonyl (C=O) groups excluding carboxylic acids is 1. The van der Waals surface area contributed by atoms with Gasteiger partial charge in [0.25, 0.3) is 0 Å². The lowest BCUT2D eigenvalue weighted by Crippen LogP contribution is -2.38. The van der Waals surface area contributed by atoms with Gasteiger partial charge < -0.3 is 19.1 Å². The first kappa shape index (κ1) is 22.5. The van der Waals surface area contributed by atoms with E-state index in [-0.39, 0.29) is 17.3 Å². The number of benzene rings is 2. The van der Waals surface area contributed by atoms with Crippen LogP contribution in [0.15, 0.2) is 42.3 Å². The summed E-state index contributed by atoms with van der Waals surface area (Å²) < 4.78 is 13.7. The fourth-order valence-electron chi connectivity index (χ4n) is 5.54. The highest BCUT2D eigenvalue weighted by Gasteiger charge is 2.33. The molecule has 178 valence electrons. The maximum Gasteiger partial charge on any atom is 0.231 e. The average Bonchev–Trinajstić information content (AvgIpc) is 3.32. The van der Waals surface area contributed by atoms with Gasteiger partial charge in [0, 0.05) is 48.8 Å². The van der Waals surface area contributed by atoms with E-state index in [1.807, 2.05) is 30.5 Å². The van der Waals surface area contributed by atoms with Gasteiger partial charge in [-0.3, -0.25) is 9.69 Å². The van der Waals surface area contributed by atoms with Crippen LogP contribution in [0.4, 0.5) is 0 Å². The number of carbonyl (C=O) groups is 1. The summed E-state index contributed by atoms with van der Waals surface area (Å²) in [6.45, 7) is 9.94. The molecule has 0 unspecified atom stereocenters. The van der Waals surface area contributed by atoms with Gasteiger partial charge in [-0.2, -0.15) is 0 Å². The summed E-state index contributed by atoms with van der Waals surface area (Å²) in [4.78, 5) is 15.6. The van der Waals surface area contributed by atoms with Crippen LogP contribution >= 0.6 is 0 Å². The molecule has 2 aliphatic heterocycles. The van der Waals surface area contributed by atoms with Crippen LogP contribution in [0.3, 0.4) is 0 Å².